The Bertz CT molecular complexity index is 1150. The Morgan fingerprint density at radius 3 is 2.59 bits per heavy atom. The highest BCUT2D eigenvalue weighted by atomic mass is 32.2. The van der Waals surface area contributed by atoms with Crippen LogP contribution in [0.4, 0.5) is 11.4 Å². The summed E-state index contributed by atoms with van der Waals surface area (Å²) in [4.78, 5) is 24.3. The molecule has 0 spiro atoms. The van der Waals surface area contributed by atoms with Crippen molar-refractivity contribution in [3.8, 4) is 0 Å². The number of carbonyl (C=O) groups excluding carboxylic acids is 1. The smallest absolute Gasteiger partial charge is 0.323 e. The number of fused-ring (bicyclic) bond motifs is 1. The van der Waals surface area contributed by atoms with E-state index in [4.69, 9.17) is 9.37 Å². The molecule has 1 N–H and O–H groups in total. The maximum atomic E-state index is 11.8. The largest absolute Gasteiger partial charge is 0.464 e. The third kappa shape index (κ3) is 5.18. The maximum Gasteiger partial charge on any atom is 0.323 e. The highest BCUT2D eigenvalue weighted by Crippen LogP contribution is 2.42. The van der Waals surface area contributed by atoms with Crippen LogP contribution < -0.4 is 5.32 Å². The molecule has 1 heterocycles. The van der Waals surface area contributed by atoms with Gasteiger partial charge in [-0.1, -0.05) is 51.6 Å². The number of hydrogen-bond acceptors (Lipinski definition) is 9. The fraction of sp³-hybridized carbons (Fsp3) is 0.409. The lowest BCUT2D eigenvalue weighted by molar-refractivity contribution is -0.382. The van der Waals surface area contributed by atoms with E-state index in [1.807, 2.05) is 6.92 Å². The second kappa shape index (κ2) is 9.56. The van der Waals surface area contributed by atoms with Crippen LogP contribution in [-0.2, 0) is 14.9 Å². The monoisotopic (exact) mass is 458 g/mol. The first-order valence-corrected chi connectivity index (χ1v) is 11.1. The number of esters is 1. The molecule has 0 bridgehead atoms. The summed E-state index contributed by atoms with van der Waals surface area (Å²) < 4.78 is 9.90. The van der Waals surface area contributed by atoms with Gasteiger partial charge in [-0.15, -0.1) is 0 Å². The second-order valence-electron chi connectivity index (χ2n) is 8.32. The quantitative estimate of drug-likeness (QED) is 0.209. The van der Waals surface area contributed by atoms with Gasteiger partial charge in [0.1, 0.15) is 12.3 Å². The molecule has 0 unspecified atom stereocenters. The van der Waals surface area contributed by atoms with Crippen LogP contribution in [0.15, 0.2) is 38.7 Å². The predicted octanol–water partition coefficient (Wildman–Crippen LogP) is 5.25. The van der Waals surface area contributed by atoms with Crippen molar-refractivity contribution < 1.29 is 19.1 Å². The Labute approximate surface area is 190 Å². The molecule has 0 aliphatic rings. The lowest BCUT2D eigenvalue weighted by Gasteiger charge is -2.20. The summed E-state index contributed by atoms with van der Waals surface area (Å²) in [5.74, 6) is -0.331. The van der Waals surface area contributed by atoms with Gasteiger partial charge in [0, 0.05) is 22.8 Å². The molecule has 2 aromatic carbocycles. The van der Waals surface area contributed by atoms with Crippen LogP contribution in [-0.4, -0.2) is 34.4 Å². The SMILES string of the molecule is CCC(=O)OCCNc1cc(Sc2cc(C(C)(C)C)ccc2C)c2nonc2c1[N+](=O)[O-]. The standard InChI is InChI=1S/C22H26N4O5S/c1-6-18(27)30-10-9-23-15-12-17(19-20(25-31-24-19)21(15)26(28)29)32-16-11-14(22(3,4)5)8-7-13(16)2/h7-8,11-12,23H,6,9-10H2,1-5H3. The Hall–Kier alpha value is -3.14. The van der Waals surface area contributed by atoms with E-state index in [-0.39, 0.29) is 47.8 Å². The zero-order chi connectivity index (χ0) is 23.5. The zero-order valence-corrected chi connectivity index (χ0v) is 19.5. The highest BCUT2D eigenvalue weighted by molar-refractivity contribution is 7.99. The van der Waals surface area contributed by atoms with Gasteiger partial charge in [0.15, 0.2) is 5.52 Å². The van der Waals surface area contributed by atoms with Gasteiger partial charge in [0.05, 0.1) is 4.92 Å². The summed E-state index contributed by atoms with van der Waals surface area (Å²) in [6.45, 7) is 10.5. The number of rotatable bonds is 8. The lowest BCUT2D eigenvalue weighted by Crippen LogP contribution is -2.14. The van der Waals surface area contributed by atoms with Gasteiger partial charge in [0.25, 0.3) is 0 Å². The van der Waals surface area contributed by atoms with Crippen LogP contribution in [0.2, 0.25) is 0 Å². The Balaban J connectivity index is 1.99. The Morgan fingerprint density at radius 2 is 1.94 bits per heavy atom. The van der Waals surface area contributed by atoms with E-state index in [1.54, 1.807) is 13.0 Å². The van der Waals surface area contributed by atoms with Crippen LogP contribution in [0, 0.1) is 17.0 Å². The number of nitrogens with zero attached hydrogens (tertiary/aromatic N) is 3. The van der Waals surface area contributed by atoms with E-state index in [9.17, 15) is 14.9 Å². The third-order valence-corrected chi connectivity index (χ3v) is 6.09. The molecule has 3 rings (SSSR count). The van der Waals surface area contributed by atoms with Gasteiger partial charge >= 0.3 is 11.7 Å². The first kappa shape index (κ1) is 23.5. The number of ether oxygens (including phenoxy) is 1. The topological polar surface area (TPSA) is 120 Å². The number of nitrogens with one attached hydrogen (secondary N) is 1. The molecular weight excluding hydrogens is 432 g/mol. The third-order valence-electron chi connectivity index (χ3n) is 4.90. The maximum absolute atomic E-state index is 11.8. The summed E-state index contributed by atoms with van der Waals surface area (Å²) in [6, 6.07) is 7.96. The van der Waals surface area contributed by atoms with Crippen molar-refractivity contribution in [1.82, 2.24) is 10.3 Å². The zero-order valence-electron chi connectivity index (χ0n) is 18.7. The lowest BCUT2D eigenvalue weighted by atomic mass is 9.87. The van der Waals surface area contributed by atoms with Crippen molar-refractivity contribution in [2.75, 3.05) is 18.5 Å². The minimum absolute atomic E-state index is 0.0219. The molecule has 9 nitrogen and oxygen atoms in total. The van der Waals surface area contributed by atoms with Gasteiger partial charge in [0.2, 0.25) is 5.52 Å². The molecule has 0 aliphatic heterocycles. The predicted molar refractivity (Wildman–Crippen MR) is 122 cm³/mol. The van der Waals surface area contributed by atoms with E-state index < -0.39 is 4.92 Å². The molecule has 0 radical (unpaired) electrons. The molecule has 170 valence electrons. The van der Waals surface area contributed by atoms with Gasteiger partial charge < -0.3 is 10.1 Å². The molecule has 3 aromatic rings. The van der Waals surface area contributed by atoms with Crippen LogP contribution in [0.1, 0.15) is 45.2 Å². The van der Waals surface area contributed by atoms with E-state index in [0.717, 1.165) is 10.5 Å². The molecular formula is C22H26N4O5S. The van der Waals surface area contributed by atoms with Crippen molar-refractivity contribution in [1.29, 1.82) is 0 Å². The van der Waals surface area contributed by atoms with Crippen molar-refractivity contribution in [2.24, 2.45) is 0 Å². The minimum atomic E-state index is -0.521. The van der Waals surface area contributed by atoms with Gasteiger partial charge in [-0.05, 0) is 45.9 Å². The van der Waals surface area contributed by atoms with Crippen molar-refractivity contribution in [3.05, 3.63) is 45.5 Å². The number of benzene rings is 2. The van der Waals surface area contributed by atoms with E-state index in [0.29, 0.717) is 10.4 Å². The first-order chi connectivity index (χ1) is 15.1. The van der Waals surface area contributed by atoms with Crippen molar-refractivity contribution in [3.63, 3.8) is 0 Å². The van der Waals surface area contributed by atoms with Crippen LogP contribution in [0.3, 0.4) is 0 Å². The summed E-state index contributed by atoms with van der Waals surface area (Å²) >= 11 is 1.45. The van der Waals surface area contributed by atoms with Gasteiger partial charge in [-0.2, -0.15) is 0 Å². The summed E-state index contributed by atoms with van der Waals surface area (Å²) in [5.41, 5.74) is 2.66. The number of nitro benzene ring substituents is 1. The molecule has 0 saturated heterocycles. The minimum Gasteiger partial charge on any atom is -0.464 e. The molecule has 0 amide bonds. The number of carbonyl (C=O) groups is 1. The summed E-state index contributed by atoms with van der Waals surface area (Å²) in [6.07, 6.45) is 0.268. The first-order valence-electron chi connectivity index (χ1n) is 10.2. The molecule has 1 aromatic heterocycles. The summed E-state index contributed by atoms with van der Waals surface area (Å²) in [5, 5.41) is 22.5. The average Bonchev–Trinajstić information content (AvgIpc) is 3.21. The average molecular weight is 459 g/mol. The van der Waals surface area contributed by atoms with Crippen molar-refractivity contribution in [2.45, 2.75) is 56.2 Å². The fourth-order valence-electron chi connectivity index (χ4n) is 3.05. The van der Waals surface area contributed by atoms with Crippen molar-refractivity contribution >= 4 is 40.1 Å². The van der Waals surface area contributed by atoms with Gasteiger partial charge in [-0.25, -0.2) is 4.63 Å². The normalized spacial score (nSPS) is 11.5. The Morgan fingerprint density at radius 1 is 1.22 bits per heavy atom. The molecule has 0 atom stereocenters. The second-order valence-corrected chi connectivity index (χ2v) is 9.41. The summed E-state index contributed by atoms with van der Waals surface area (Å²) in [7, 11) is 0. The van der Waals surface area contributed by atoms with Gasteiger partial charge in [-0.3, -0.25) is 14.9 Å². The van der Waals surface area contributed by atoms with E-state index in [1.165, 1.54) is 17.3 Å². The number of aromatic nitrogens is 2. The van der Waals surface area contributed by atoms with Crippen LogP contribution in [0.5, 0.6) is 0 Å². The molecule has 32 heavy (non-hydrogen) atoms. The van der Waals surface area contributed by atoms with Crippen LogP contribution in [0.25, 0.3) is 11.0 Å². The number of nitro groups is 1. The number of hydrogen-bond donors (Lipinski definition) is 1. The number of anilines is 1. The van der Waals surface area contributed by atoms with Crippen LogP contribution >= 0.6 is 11.8 Å². The highest BCUT2D eigenvalue weighted by Gasteiger charge is 2.26. The Kier molecular flexibility index (Phi) is 7.02. The molecule has 0 aliphatic carbocycles. The number of aryl methyl sites for hydroxylation is 1. The van der Waals surface area contributed by atoms with E-state index >= 15 is 0 Å². The van der Waals surface area contributed by atoms with E-state index in [2.05, 4.69) is 54.6 Å². The molecule has 10 heteroatoms. The fourth-order valence-corrected chi connectivity index (χ4v) is 4.11. The molecule has 0 saturated carbocycles. The molecule has 0 fully saturated rings.